The van der Waals surface area contributed by atoms with Gasteiger partial charge in [-0.25, -0.2) is 0 Å². The first-order valence-electron chi connectivity index (χ1n) is 8.95. The van der Waals surface area contributed by atoms with Crippen LogP contribution < -0.4 is 14.2 Å². The van der Waals surface area contributed by atoms with Crippen LogP contribution in [0.5, 0.6) is 23.0 Å². The second kappa shape index (κ2) is 5.96. The number of rotatable bonds is 3. The predicted octanol–water partition coefficient (Wildman–Crippen LogP) is 5.36. The molecule has 0 saturated heterocycles. The Labute approximate surface area is 161 Å². The summed E-state index contributed by atoms with van der Waals surface area (Å²) in [5.74, 6) is 2.14. The molecule has 5 heteroatoms. The summed E-state index contributed by atoms with van der Waals surface area (Å²) in [6, 6.07) is 14.2. The third kappa shape index (κ3) is 2.01. The first-order chi connectivity index (χ1) is 13.7. The zero-order valence-electron chi connectivity index (χ0n) is 15.8. The number of hydrogen-bond donors (Lipinski definition) is 2. The lowest BCUT2D eigenvalue weighted by Gasteiger charge is -2.17. The maximum Gasteiger partial charge on any atom is 0.169 e. The number of ether oxygens (including phenoxy) is 3. The maximum absolute atomic E-state index is 10.3. The summed E-state index contributed by atoms with van der Waals surface area (Å²) in [5.41, 5.74) is 0.822. The molecule has 0 amide bonds. The summed E-state index contributed by atoms with van der Waals surface area (Å²) in [6.45, 7) is 0. The molecule has 28 heavy (non-hydrogen) atoms. The molecule has 4 aromatic carbocycles. The van der Waals surface area contributed by atoms with Crippen molar-refractivity contribution in [3.05, 3.63) is 48.7 Å². The van der Waals surface area contributed by atoms with E-state index in [1.54, 1.807) is 27.5 Å². The van der Waals surface area contributed by atoms with Crippen LogP contribution in [0.3, 0.4) is 0 Å². The molecule has 5 aromatic rings. The third-order valence-electron chi connectivity index (χ3n) is 5.42. The van der Waals surface area contributed by atoms with Crippen LogP contribution in [0.4, 0.5) is 0 Å². The number of aromatic hydroxyl groups is 1. The fourth-order valence-electron chi connectivity index (χ4n) is 4.24. The zero-order chi connectivity index (χ0) is 19.4. The number of benzene rings is 4. The molecule has 1 aromatic heterocycles. The monoisotopic (exact) mass is 373 g/mol. The predicted molar refractivity (Wildman–Crippen MR) is 112 cm³/mol. The van der Waals surface area contributed by atoms with E-state index in [0.29, 0.717) is 22.6 Å². The van der Waals surface area contributed by atoms with Gasteiger partial charge in [-0.1, -0.05) is 36.4 Å². The second-order valence-corrected chi connectivity index (χ2v) is 6.70. The van der Waals surface area contributed by atoms with Crippen molar-refractivity contribution in [2.45, 2.75) is 0 Å². The lowest BCUT2D eigenvalue weighted by atomic mass is 9.94. The standard InChI is InChI=1S/C23H19NO4/c1-26-18-10-16-14(21-20(18)17(25)11-24-21)9-8-13-12-6-4-5-7-15(12)22(27-2)23(28-3)19(13)16/h4-11,24-25H,1-3H3. The Balaban J connectivity index is 2.11. The van der Waals surface area contributed by atoms with Crippen molar-refractivity contribution < 1.29 is 19.3 Å². The minimum atomic E-state index is 0.164. The van der Waals surface area contributed by atoms with Crippen LogP contribution in [-0.4, -0.2) is 31.4 Å². The van der Waals surface area contributed by atoms with Gasteiger partial charge < -0.3 is 24.3 Å². The number of H-pyrrole nitrogens is 1. The lowest BCUT2D eigenvalue weighted by molar-refractivity contribution is 0.362. The van der Waals surface area contributed by atoms with E-state index in [9.17, 15) is 5.11 Å². The SMILES string of the molecule is COc1c(OC)c2c(ccc3c2cc(OC)c2c(O)c[nH]c23)c2ccccc12. The van der Waals surface area contributed by atoms with Gasteiger partial charge >= 0.3 is 0 Å². The molecule has 0 fully saturated rings. The minimum Gasteiger partial charge on any atom is -0.506 e. The van der Waals surface area contributed by atoms with Crippen LogP contribution in [0.25, 0.3) is 43.2 Å². The summed E-state index contributed by atoms with van der Waals surface area (Å²) in [4.78, 5) is 3.17. The Hall–Kier alpha value is -3.60. The van der Waals surface area contributed by atoms with Gasteiger partial charge in [-0.05, 0) is 22.2 Å². The fourth-order valence-corrected chi connectivity index (χ4v) is 4.24. The Morgan fingerprint density at radius 3 is 2.14 bits per heavy atom. The van der Waals surface area contributed by atoms with Gasteiger partial charge in [0.2, 0.25) is 0 Å². The topological polar surface area (TPSA) is 63.7 Å². The summed E-state index contributed by atoms with van der Waals surface area (Å²) >= 11 is 0. The van der Waals surface area contributed by atoms with Gasteiger partial charge in [0.15, 0.2) is 11.5 Å². The summed E-state index contributed by atoms with van der Waals surface area (Å²) in [7, 11) is 4.91. The average molecular weight is 373 g/mol. The first-order valence-corrected chi connectivity index (χ1v) is 8.95. The molecule has 0 bridgehead atoms. The highest BCUT2D eigenvalue weighted by molar-refractivity contribution is 6.26. The molecule has 140 valence electrons. The molecule has 0 aliphatic carbocycles. The average Bonchev–Trinajstić information content (AvgIpc) is 3.13. The molecule has 0 spiro atoms. The van der Waals surface area contributed by atoms with E-state index in [-0.39, 0.29) is 5.75 Å². The molecule has 0 atom stereocenters. The Morgan fingerprint density at radius 1 is 0.714 bits per heavy atom. The number of aromatic nitrogens is 1. The quantitative estimate of drug-likeness (QED) is 0.418. The Bertz CT molecular complexity index is 1380. The highest BCUT2D eigenvalue weighted by Crippen LogP contribution is 2.48. The number of fused-ring (bicyclic) bond motifs is 7. The van der Waals surface area contributed by atoms with E-state index in [1.807, 2.05) is 24.3 Å². The molecule has 0 aliphatic heterocycles. The third-order valence-corrected chi connectivity index (χ3v) is 5.42. The van der Waals surface area contributed by atoms with Gasteiger partial charge in [-0.3, -0.25) is 0 Å². The van der Waals surface area contributed by atoms with E-state index >= 15 is 0 Å². The summed E-state index contributed by atoms with van der Waals surface area (Å²) in [6.07, 6.45) is 1.58. The van der Waals surface area contributed by atoms with Crippen molar-refractivity contribution in [2.75, 3.05) is 21.3 Å². The van der Waals surface area contributed by atoms with Gasteiger partial charge in [0.1, 0.15) is 11.5 Å². The van der Waals surface area contributed by atoms with Crippen LogP contribution >= 0.6 is 0 Å². The van der Waals surface area contributed by atoms with Crippen molar-refractivity contribution in [1.82, 2.24) is 4.98 Å². The number of methoxy groups -OCH3 is 3. The minimum absolute atomic E-state index is 0.164. The van der Waals surface area contributed by atoms with E-state index in [2.05, 4.69) is 23.2 Å². The van der Waals surface area contributed by atoms with Gasteiger partial charge in [0.25, 0.3) is 0 Å². The molecule has 0 aliphatic rings. The zero-order valence-corrected chi connectivity index (χ0v) is 15.8. The van der Waals surface area contributed by atoms with E-state index in [0.717, 1.165) is 37.8 Å². The van der Waals surface area contributed by atoms with Crippen LogP contribution in [0.2, 0.25) is 0 Å². The van der Waals surface area contributed by atoms with Crippen LogP contribution in [-0.2, 0) is 0 Å². The van der Waals surface area contributed by atoms with Crippen molar-refractivity contribution >= 4 is 43.2 Å². The molecule has 5 rings (SSSR count). The lowest BCUT2D eigenvalue weighted by Crippen LogP contribution is -1.95. The first kappa shape index (κ1) is 16.6. The smallest absolute Gasteiger partial charge is 0.169 e. The summed E-state index contributed by atoms with van der Waals surface area (Å²) in [5, 5.41) is 17.0. The van der Waals surface area contributed by atoms with Gasteiger partial charge in [0.05, 0.1) is 32.2 Å². The van der Waals surface area contributed by atoms with Crippen LogP contribution in [0.1, 0.15) is 0 Å². The molecule has 0 radical (unpaired) electrons. The van der Waals surface area contributed by atoms with E-state index in [1.165, 1.54) is 0 Å². The van der Waals surface area contributed by atoms with Gasteiger partial charge in [0, 0.05) is 22.4 Å². The second-order valence-electron chi connectivity index (χ2n) is 6.70. The van der Waals surface area contributed by atoms with Crippen molar-refractivity contribution in [2.24, 2.45) is 0 Å². The Kier molecular flexibility index (Phi) is 3.52. The molecule has 1 heterocycles. The van der Waals surface area contributed by atoms with Gasteiger partial charge in [-0.2, -0.15) is 0 Å². The van der Waals surface area contributed by atoms with E-state index < -0.39 is 0 Å². The number of hydrogen-bond acceptors (Lipinski definition) is 4. The Morgan fingerprint density at radius 2 is 1.43 bits per heavy atom. The number of nitrogens with one attached hydrogen (secondary N) is 1. The largest absolute Gasteiger partial charge is 0.506 e. The maximum atomic E-state index is 10.3. The van der Waals surface area contributed by atoms with Gasteiger partial charge in [-0.15, -0.1) is 0 Å². The molecule has 0 saturated carbocycles. The van der Waals surface area contributed by atoms with Crippen molar-refractivity contribution in [1.29, 1.82) is 0 Å². The number of aromatic amines is 1. The van der Waals surface area contributed by atoms with Crippen molar-refractivity contribution in [3.8, 4) is 23.0 Å². The van der Waals surface area contributed by atoms with Crippen LogP contribution in [0.15, 0.2) is 48.7 Å². The highest BCUT2D eigenvalue weighted by Gasteiger charge is 2.21. The highest BCUT2D eigenvalue weighted by atomic mass is 16.5. The van der Waals surface area contributed by atoms with E-state index in [4.69, 9.17) is 14.2 Å². The van der Waals surface area contributed by atoms with Crippen molar-refractivity contribution in [3.63, 3.8) is 0 Å². The molecule has 0 unspecified atom stereocenters. The molecule has 2 N–H and O–H groups in total. The molecular weight excluding hydrogens is 354 g/mol. The molecule has 5 nitrogen and oxygen atoms in total. The fraction of sp³-hybridized carbons (Fsp3) is 0.130. The summed E-state index contributed by atoms with van der Waals surface area (Å²) < 4.78 is 17.2. The van der Waals surface area contributed by atoms with Crippen LogP contribution in [0, 0.1) is 0 Å². The molecular formula is C23H19NO4. The normalized spacial score (nSPS) is 11.5.